The van der Waals surface area contributed by atoms with Gasteiger partial charge in [0.1, 0.15) is 6.61 Å². The van der Waals surface area contributed by atoms with Crippen LogP contribution in [0.15, 0.2) is 48.7 Å². The fourth-order valence-corrected chi connectivity index (χ4v) is 1.69. The summed E-state index contributed by atoms with van der Waals surface area (Å²) in [6.07, 6.45) is 1.76. The van der Waals surface area contributed by atoms with E-state index in [1.165, 1.54) is 0 Å². The number of hydrogen-bond acceptors (Lipinski definition) is 2. The standard InChI is InChI=1S/C13H12BrNO/c14-9-12-6-7-15-13(8-12)16-10-11-4-2-1-3-5-11/h1-8H,9-10H2. The summed E-state index contributed by atoms with van der Waals surface area (Å²) < 4.78 is 5.60. The molecule has 82 valence electrons. The van der Waals surface area contributed by atoms with Crippen molar-refractivity contribution in [2.45, 2.75) is 11.9 Å². The first-order chi connectivity index (χ1) is 7.88. The van der Waals surface area contributed by atoms with Gasteiger partial charge in [-0.05, 0) is 17.2 Å². The zero-order chi connectivity index (χ0) is 11.2. The summed E-state index contributed by atoms with van der Waals surface area (Å²) in [5.74, 6) is 0.667. The SMILES string of the molecule is BrCc1ccnc(OCc2ccccc2)c1. The van der Waals surface area contributed by atoms with Crippen molar-refractivity contribution < 1.29 is 4.74 Å². The first-order valence-corrected chi connectivity index (χ1v) is 6.18. The third-order valence-electron chi connectivity index (χ3n) is 2.18. The molecular weight excluding hydrogens is 266 g/mol. The number of pyridine rings is 1. The number of hydrogen-bond donors (Lipinski definition) is 0. The molecular formula is C13H12BrNO. The number of aromatic nitrogens is 1. The van der Waals surface area contributed by atoms with E-state index in [9.17, 15) is 0 Å². The smallest absolute Gasteiger partial charge is 0.213 e. The van der Waals surface area contributed by atoms with E-state index in [1.807, 2.05) is 42.5 Å². The van der Waals surface area contributed by atoms with Crippen LogP contribution >= 0.6 is 15.9 Å². The van der Waals surface area contributed by atoms with Crippen LogP contribution in [0.1, 0.15) is 11.1 Å². The predicted molar refractivity (Wildman–Crippen MR) is 67.6 cm³/mol. The molecule has 3 heteroatoms. The van der Waals surface area contributed by atoms with E-state index in [2.05, 4.69) is 20.9 Å². The van der Waals surface area contributed by atoms with Gasteiger partial charge in [0.25, 0.3) is 0 Å². The van der Waals surface area contributed by atoms with Crippen molar-refractivity contribution in [3.63, 3.8) is 0 Å². The molecule has 0 spiro atoms. The van der Waals surface area contributed by atoms with Gasteiger partial charge in [0.15, 0.2) is 0 Å². The molecule has 1 heterocycles. The molecule has 0 radical (unpaired) electrons. The Balaban J connectivity index is 1.99. The molecule has 0 fully saturated rings. The van der Waals surface area contributed by atoms with E-state index in [-0.39, 0.29) is 0 Å². The minimum absolute atomic E-state index is 0.555. The number of benzene rings is 1. The first kappa shape index (κ1) is 11.1. The lowest BCUT2D eigenvalue weighted by atomic mass is 10.2. The van der Waals surface area contributed by atoms with Crippen molar-refractivity contribution in [1.29, 1.82) is 0 Å². The molecule has 0 aliphatic rings. The second kappa shape index (κ2) is 5.66. The van der Waals surface area contributed by atoms with Gasteiger partial charge in [-0.2, -0.15) is 0 Å². The number of ether oxygens (including phenoxy) is 1. The van der Waals surface area contributed by atoms with Crippen LogP contribution in [-0.2, 0) is 11.9 Å². The highest BCUT2D eigenvalue weighted by molar-refractivity contribution is 9.08. The highest BCUT2D eigenvalue weighted by atomic mass is 79.9. The largest absolute Gasteiger partial charge is 0.473 e. The quantitative estimate of drug-likeness (QED) is 0.798. The summed E-state index contributed by atoms with van der Waals surface area (Å²) in [5, 5.41) is 0.817. The minimum Gasteiger partial charge on any atom is -0.473 e. The van der Waals surface area contributed by atoms with E-state index in [0.717, 1.165) is 16.5 Å². The van der Waals surface area contributed by atoms with Crippen LogP contribution in [-0.4, -0.2) is 4.98 Å². The van der Waals surface area contributed by atoms with Gasteiger partial charge >= 0.3 is 0 Å². The molecule has 0 amide bonds. The lowest BCUT2D eigenvalue weighted by Gasteiger charge is -2.05. The molecule has 16 heavy (non-hydrogen) atoms. The van der Waals surface area contributed by atoms with Crippen LogP contribution in [0.2, 0.25) is 0 Å². The van der Waals surface area contributed by atoms with Gasteiger partial charge in [0.05, 0.1) is 0 Å². The van der Waals surface area contributed by atoms with Crippen LogP contribution in [0.4, 0.5) is 0 Å². The third-order valence-corrected chi connectivity index (χ3v) is 2.83. The highest BCUT2D eigenvalue weighted by Gasteiger charge is 1.98. The summed E-state index contributed by atoms with van der Waals surface area (Å²) in [4.78, 5) is 4.16. The van der Waals surface area contributed by atoms with E-state index < -0.39 is 0 Å². The maximum absolute atomic E-state index is 5.60. The molecule has 2 nitrogen and oxygen atoms in total. The summed E-state index contributed by atoms with van der Waals surface area (Å²) in [7, 11) is 0. The third kappa shape index (κ3) is 3.07. The normalized spacial score (nSPS) is 10.1. The van der Waals surface area contributed by atoms with Crippen LogP contribution in [0.3, 0.4) is 0 Å². The minimum atomic E-state index is 0.555. The van der Waals surface area contributed by atoms with Crippen molar-refractivity contribution in [2.75, 3.05) is 0 Å². The van der Waals surface area contributed by atoms with Crippen molar-refractivity contribution in [3.05, 3.63) is 59.8 Å². The number of rotatable bonds is 4. The first-order valence-electron chi connectivity index (χ1n) is 5.06. The molecule has 2 aromatic rings. The van der Waals surface area contributed by atoms with E-state index >= 15 is 0 Å². The van der Waals surface area contributed by atoms with E-state index in [1.54, 1.807) is 6.20 Å². The Morgan fingerprint density at radius 1 is 1.06 bits per heavy atom. The van der Waals surface area contributed by atoms with Gasteiger partial charge in [-0.25, -0.2) is 4.98 Å². The van der Waals surface area contributed by atoms with E-state index in [4.69, 9.17) is 4.74 Å². The average Bonchev–Trinajstić information content (AvgIpc) is 2.38. The molecule has 0 saturated heterocycles. The Morgan fingerprint density at radius 2 is 1.88 bits per heavy atom. The van der Waals surface area contributed by atoms with Crippen LogP contribution in [0, 0.1) is 0 Å². The van der Waals surface area contributed by atoms with E-state index in [0.29, 0.717) is 12.5 Å². The lowest BCUT2D eigenvalue weighted by molar-refractivity contribution is 0.293. The molecule has 0 saturated carbocycles. The zero-order valence-corrected chi connectivity index (χ0v) is 10.4. The van der Waals surface area contributed by atoms with Crippen molar-refractivity contribution in [1.82, 2.24) is 4.98 Å². The molecule has 0 unspecified atom stereocenters. The van der Waals surface area contributed by atoms with Gasteiger partial charge in [-0.15, -0.1) is 0 Å². The number of nitrogens with zero attached hydrogens (tertiary/aromatic N) is 1. The summed E-state index contributed by atoms with van der Waals surface area (Å²) >= 11 is 3.40. The summed E-state index contributed by atoms with van der Waals surface area (Å²) in [5.41, 5.74) is 2.31. The predicted octanol–water partition coefficient (Wildman–Crippen LogP) is 3.56. The summed E-state index contributed by atoms with van der Waals surface area (Å²) in [6.45, 7) is 0.555. The van der Waals surface area contributed by atoms with Crippen LogP contribution in [0.5, 0.6) is 5.88 Å². The Kier molecular flexibility index (Phi) is 3.94. The molecule has 0 atom stereocenters. The van der Waals surface area contributed by atoms with Gasteiger partial charge in [0, 0.05) is 17.6 Å². The zero-order valence-electron chi connectivity index (χ0n) is 8.77. The fourth-order valence-electron chi connectivity index (χ4n) is 1.34. The Hall–Kier alpha value is -1.35. The Labute approximate surface area is 103 Å². The molecule has 1 aromatic heterocycles. The van der Waals surface area contributed by atoms with Crippen LogP contribution in [0.25, 0.3) is 0 Å². The second-order valence-corrected chi connectivity index (χ2v) is 3.97. The maximum Gasteiger partial charge on any atom is 0.213 e. The molecule has 0 N–H and O–H groups in total. The van der Waals surface area contributed by atoms with Crippen molar-refractivity contribution in [3.8, 4) is 5.88 Å². The maximum atomic E-state index is 5.60. The van der Waals surface area contributed by atoms with Crippen molar-refractivity contribution in [2.24, 2.45) is 0 Å². The average molecular weight is 278 g/mol. The van der Waals surface area contributed by atoms with Gasteiger partial charge < -0.3 is 4.74 Å². The summed E-state index contributed by atoms with van der Waals surface area (Å²) in [6, 6.07) is 14.0. The molecule has 0 aliphatic heterocycles. The molecule has 2 rings (SSSR count). The number of alkyl halides is 1. The Bertz CT molecular complexity index is 445. The fraction of sp³-hybridized carbons (Fsp3) is 0.154. The Morgan fingerprint density at radius 3 is 2.62 bits per heavy atom. The second-order valence-electron chi connectivity index (χ2n) is 3.41. The molecule has 0 aliphatic carbocycles. The molecule has 1 aromatic carbocycles. The molecule has 0 bridgehead atoms. The lowest BCUT2D eigenvalue weighted by Crippen LogP contribution is -1.97. The number of halogens is 1. The van der Waals surface area contributed by atoms with Crippen molar-refractivity contribution >= 4 is 15.9 Å². The topological polar surface area (TPSA) is 22.1 Å². The monoisotopic (exact) mass is 277 g/mol. The van der Waals surface area contributed by atoms with Crippen LogP contribution < -0.4 is 4.74 Å². The highest BCUT2D eigenvalue weighted by Crippen LogP contribution is 2.13. The van der Waals surface area contributed by atoms with Gasteiger partial charge in [-0.3, -0.25) is 0 Å². The van der Waals surface area contributed by atoms with Gasteiger partial charge in [-0.1, -0.05) is 46.3 Å². The van der Waals surface area contributed by atoms with Gasteiger partial charge in [0.2, 0.25) is 5.88 Å².